The molecule has 1 aliphatic rings. The largest absolute Gasteiger partial charge is 0.394 e. The number of aliphatic hydroxyl groups excluding tert-OH is 2. The zero-order chi connectivity index (χ0) is 16.9. The van der Waals surface area contributed by atoms with Gasteiger partial charge in [-0.3, -0.25) is 18.9 Å². The van der Waals surface area contributed by atoms with E-state index in [1.54, 1.807) is 0 Å². The molecular weight excluding hydrogens is 323 g/mol. The van der Waals surface area contributed by atoms with Crippen LogP contribution in [0.15, 0.2) is 15.8 Å². The van der Waals surface area contributed by atoms with E-state index in [1.165, 1.54) is 6.92 Å². The molecule has 1 aliphatic heterocycles. The molecule has 12 heteroatoms. The quantitative estimate of drug-likeness (QED) is 0.312. The molecule has 0 spiro atoms. The van der Waals surface area contributed by atoms with Crippen molar-refractivity contribution >= 4 is 7.60 Å². The van der Waals surface area contributed by atoms with Crippen molar-refractivity contribution in [1.29, 1.82) is 0 Å². The smallest absolute Gasteiger partial charge is 0.362 e. The van der Waals surface area contributed by atoms with Gasteiger partial charge in [-0.1, -0.05) is 0 Å². The number of rotatable bonds is 3. The normalized spacial score (nSPS) is 32.4. The number of hydrogen-bond donors (Lipinski definition) is 6. The third-order valence-corrected chi connectivity index (χ3v) is 5.02. The van der Waals surface area contributed by atoms with Crippen LogP contribution < -0.4 is 11.2 Å². The van der Waals surface area contributed by atoms with E-state index in [1.807, 2.05) is 4.98 Å². The van der Waals surface area contributed by atoms with Gasteiger partial charge >= 0.3 is 13.3 Å². The van der Waals surface area contributed by atoms with Gasteiger partial charge in [-0.15, -0.1) is 0 Å². The number of nitrogens with zero attached hydrogens (tertiary/aromatic N) is 1. The fraction of sp³-hybridized carbons (Fsp3) is 0.600. The molecule has 1 fully saturated rings. The molecular formula is C10H15N2O9P. The van der Waals surface area contributed by atoms with E-state index in [0.29, 0.717) is 4.57 Å². The Hall–Kier alpha value is -1.33. The number of aromatic nitrogens is 2. The maximum absolute atomic E-state index is 11.8. The minimum atomic E-state index is -5.32. The van der Waals surface area contributed by atoms with Crippen molar-refractivity contribution in [3.63, 3.8) is 0 Å². The fourth-order valence-corrected chi connectivity index (χ4v) is 3.26. The Morgan fingerprint density at radius 2 is 2.05 bits per heavy atom. The lowest BCUT2D eigenvalue weighted by molar-refractivity contribution is -0.0615. The highest BCUT2D eigenvalue weighted by Gasteiger charge is 2.65. The number of aryl methyl sites for hydroxylation is 1. The third kappa shape index (κ3) is 2.36. The van der Waals surface area contributed by atoms with Crippen molar-refractivity contribution in [1.82, 2.24) is 9.55 Å². The molecule has 0 saturated carbocycles. The van der Waals surface area contributed by atoms with Gasteiger partial charge < -0.3 is 29.8 Å². The summed E-state index contributed by atoms with van der Waals surface area (Å²) < 4.78 is 17.2. The Balaban J connectivity index is 2.57. The van der Waals surface area contributed by atoms with Gasteiger partial charge in [-0.2, -0.15) is 0 Å². The molecule has 0 aromatic carbocycles. The second-order valence-electron chi connectivity index (χ2n) is 4.95. The summed E-state index contributed by atoms with van der Waals surface area (Å²) in [5.41, 5.74) is -1.62. The highest BCUT2D eigenvalue weighted by Crippen LogP contribution is 2.58. The summed E-state index contributed by atoms with van der Waals surface area (Å²) in [5, 5.41) is 26.2. The van der Waals surface area contributed by atoms with Crippen molar-refractivity contribution in [2.24, 2.45) is 0 Å². The first-order valence-corrected chi connectivity index (χ1v) is 7.69. The molecule has 1 aromatic rings. The Morgan fingerprint density at radius 1 is 1.45 bits per heavy atom. The number of H-pyrrole nitrogens is 1. The Morgan fingerprint density at radius 3 is 2.50 bits per heavy atom. The predicted molar refractivity (Wildman–Crippen MR) is 70.1 cm³/mol. The first kappa shape index (κ1) is 17.0. The summed E-state index contributed by atoms with van der Waals surface area (Å²) in [6.07, 6.45) is -4.73. The van der Waals surface area contributed by atoms with Crippen LogP contribution >= 0.6 is 7.60 Å². The number of aromatic amines is 1. The number of hydrogen-bond acceptors (Lipinski definition) is 7. The van der Waals surface area contributed by atoms with Gasteiger partial charge in [0.2, 0.25) is 5.34 Å². The van der Waals surface area contributed by atoms with Crippen LogP contribution in [0.5, 0.6) is 0 Å². The lowest BCUT2D eigenvalue weighted by atomic mass is 10.1. The maximum Gasteiger partial charge on any atom is 0.362 e. The van der Waals surface area contributed by atoms with Gasteiger partial charge in [0.05, 0.1) is 6.61 Å². The zero-order valence-corrected chi connectivity index (χ0v) is 12.2. The van der Waals surface area contributed by atoms with E-state index in [2.05, 4.69) is 0 Å². The molecule has 4 atom stereocenters. The number of aliphatic hydroxyl groups is 3. The summed E-state index contributed by atoms with van der Waals surface area (Å²) in [6, 6.07) is 0. The second-order valence-corrected chi connectivity index (χ2v) is 6.75. The van der Waals surface area contributed by atoms with Gasteiger partial charge in [-0.25, -0.2) is 4.79 Å². The molecule has 0 amide bonds. The van der Waals surface area contributed by atoms with Crippen LogP contribution in [-0.4, -0.2) is 58.8 Å². The first-order chi connectivity index (χ1) is 10.0. The van der Waals surface area contributed by atoms with E-state index in [-0.39, 0.29) is 5.56 Å². The van der Waals surface area contributed by atoms with Crippen LogP contribution in [0.1, 0.15) is 11.8 Å². The molecule has 2 heterocycles. The average molecular weight is 338 g/mol. The van der Waals surface area contributed by atoms with E-state index in [9.17, 15) is 34.2 Å². The van der Waals surface area contributed by atoms with Gasteiger partial charge in [0.1, 0.15) is 12.2 Å². The monoisotopic (exact) mass is 338 g/mol. The van der Waals surface area contributed by atoms with Gasteiger partial charge in [0.15, 0.2) is 6.23 Å². The standard InChI is InChI=1S/C10H15N2O9P/c1-4-2-12(9(16)11-7(4)15)8-6(14)10(17,22(18,19)20)5(3-13)21-8/h2,5-6,8,13-14,17H,3H2,1H3,(H,11,15,16)(H2,18,19,20)/t5-,6-,8-,10-/m1/s1. The van der Waals surface area contributed by atoms with Crippen LogP contribution in [0.2, 0.25) is 0 Å². The van der Waals surface area contributed by atoms with Crippen molar-refractivity contribution in [2.75, 3.05) is 6.61 Å². The molecule has 11 nitrogen and oxygen atoms in total. The van der Waals surface area contributed by atoms with Gasteiger partial charge in [-0.05, 0) is 6.92 Å². The van der Waals surface area contributed by atoms with E-state index in [0.717, 1.165) is 6.20 Å². The Kier molecular flexibility index (Phi) is 4.17. The van der Waals surface area contributed by atoms with Gasteiger partial charge in [0, 0.05) is 11.8 Å². The summed E-state index contributed by atoms with van der Waals surface area (Å²) in [7, 11) is -5.32. The van der Waals surface area contributed by atoms with Crippen molar-refractivity contribution in [2.45, 2.75) is 30.7 Å². The highest BCUT2D eigenvalue weighted by atomic mass is 31.2. The molecule has 124 valence electrons. The van der Waals surface area contributed by atoms with Crippen LogP contribution in [0.3, 0.4) is 0 Å². The van der Waals surface area contributed by atoms with Crippen LogP contribution in [0.25, 0.3) is 0 Å². The number of nitrogens with one attached hydrogen (secondary N) is 1. The Labute approximate surface area is 122 Å². The first-order valence-electron chi connectivity index (χ1n) is 6.08. The van der Waals surface area contributed by atoms with Crippen molar-refractivity contribution < 1.29 is 34.4 Å². The summed E-state index contributed by atoms with van der Waals surface area (Å²) in [4.78, 5) is 43.5. The molecule has 0 aliphatic carbocycles. The SMILES string of the molecule is Cc1cn([C@@H]2O[C@H](CO)[C@@](O)(P(=O)(O)O)[C@@H]2O)c(=O)[nH]c1=O. The maximum atomic E-state index is 11.8. The van der Waals surface area contributed by atoms with Crippen LogP contribution in [0.4, 0.5) is 0 Å². The average Bonchev–Trinajstić information content (AvgIpc) is 2.67. The minimum Gasteiger partial charge on any atom is -0.394 e. The zero-order valence-electron chi connectivity index (χ0n) is 11.3. The molecule has 0 radical (unpaired) electrons. The molecule has 2 rings (SSSR count). The summed E-state index contributed by atoms with van der Waals surface area (Å²) in [5.74, 6) is 0. The lowest BCUT2D eigenvalue weighted by Crippen LogP contribution is -2.49. The highest BCUT2D eigenvalue weighted by molar-refractivity contribution is 7.53. The summed E-state index contributed by atoms with van der Waals surface area (Å²) in [6.45, 7) is 0.348. The molecule has 0 unspecified atom stereocenters. The second kappa shape index (κ2) is 5.39. The van der Waals surface area contributed by atoms with Crippen molar-refractivity contribution in [3.8, 4) is 0 Å². The van der Waals surface area contributed by atoms with E-state index < -0.39 is 49.2 Å². The number of ether oxygens (including phenoxy) is 1. The van der Waals surface area contributed by atoms with Crippen LogP contribution in [-0.2, 0) is 9.30 Å². The fourth-order valence-electron chi connectivity index (χ4n) is 2.27. The van der Waals surface area contributed by atoms with Crippen LogP contribution in [0, 0.1) is 6.92 Å². The molecule has 1 aromatic heterocycles. The van der Waals surface area contributed by atoms with Gasteiger partial charge in [0.25, 0.3) is 5.56 Å². The predicted octanol–water partition coefficient (Wildman–Crippen LogP) is -3.04. The van der Waals surface area contributed by atoms with E-state index in [4.69, 9.17) is 9.84 Å². The molecule has 0 bridgehead atoms. The minimum absolute atomic E-state index is 0.0718. The molecule has 6 N–H and O–H groups in total. The molecule has 22 heavy (non-hydrogen) atoms. The third-order valence-electron chi connectivity index (χ3n) is 3.54. The topological polar surface area (TPSA) is 182 Å². The Bertz CT molecular complexity index is 737. The molecule has 1 saturated heterocycles. The lowest BCUT2D eigenvalue weighted by Gasteiger charge is -2.30. The summed E-state index contributed by atoms with van der Waals surface area (Å²) >= 11 is 0. The van der Waals surface area contributed by atoms with E-state index >= 15 is 0 Å². The van der Waals surface area contributed by atoms with Crippen molar-refractivity contribution in [3.05, 3.63) is 32.6 Å².